The molecule has 0 spiro atoms. The highest BCUT2D eigenvalue weighted by Crippen LogP contribution is 2.34. The molecule has 1 heterocycles. The van der Waals surface area contributed by atoms with Gasteiger partial charge in [0.05, 0.1) is 17.8 Å². The Morgan fingerprint density at radius 3 is 2.59 bits per heavy atom. The topological polar surface area (TPSA) is 55.1 Å². The molecule has 0 radical (unpaired) electrons. The number of hydrogen-bond acceptors (Lipinski definition) is 2. The van der Waals surface area contributed by atoms with Gasteiger partial charge in [-0.05, 0) is 28.8 Å². The molecular formula is C14H12N2O. The summed E-state index contributed by atoms with van der Waals surface area (Å²) in [5.41, 5.74) is 10.5. The first-order valence-electron chi connectivity index (χ1n) is 5.52. The van der Waals surface area contributed by atoms with E-state index in [0.717, 1.165) is 22.4 Å². The van der Waals surface area contributed by atoms with Crippen molar-refractivity contribution in [2.75, 3.05) is 11.1 Å². The molecule has 0 fully saturated rings. The molecule has 3 N–H and O–H groups in total. The summed E-state index contributed by atoms with van der Waals surface area (Å²) >= 11 is 0. The largest absolute Gasteiger partial charge is 0.397 e. The Morgan fingerprint density at radius 2 is 1.82 bits per heavy atom. The minimum Gasteiger partial charge on any atom is -0.397 e. The van der Waals surface area contributed by atoms with Crippen LogP contribution in [0.25, 0.3) is 11.1 Å². The molecule has 1 amide bonds. The smallest absolute Gasteiger partial charge is 0.228 e. The maximum Gasteiger partial charge on any atom is 0.228 e. The van der Waals surface area contributed by atoms with E-state index in [-0.39, 0.29) is 5.91 Å². The van der Waals surface area contributed by atoms with Gasteiger partial charge in [0.25, 0.3) is 0 Å². The van der Waals surface area contributed by atoms with E-state index in [1.807, 2.05) is 42.5 Å². The number of carbonyl (C=O) groups is 1. The van der Waals surface area contributed by atoms with Gasteiger partial charge in [0.15, 0.2) is 0 Å². The SMILES string of the molecule is Nc1cc(-c2ccccc2)cc2c1NC(=O)C2. The van der Waals surface area contributed by atoms with Crippen molar-refractivity contribution in [1.82, 2.24) is 0 Å². The van der Waals surface area contributed by atoms with E-state index in [1.165, 1.54) is 0 Å². The first-order valence-corrected chi connectivity index (χ1v) is 5.52. The van der Waals surface area contributed by atoms with Gasteiger partial charge in [-0.3, -0.25) is 4.79 Å². The fourth-order valence-corrected chi connectivity index (χ4v) is 2.17. The van der Waals surface area contributed by atoms with Crippen molar-refractivity contribution in [3.8, 4) is 11.1 Å². The molecule has 0 aliphatic carbocycles. The van der Waals surface area contributed by atoms with Crippen LogP contribution in [-0.2, 0) is 11.2 Å². The molecule has 0 bridgehead atoms. The van der Waals surface area contributed by atoms with Crippen LogP contribution in [0.2, 0.25) is 0 Å². The Morgan fingerprint density at radius 1 is 1.06 bits per heavy atom. The molecule has 1 aliphatic heterocycles. The van der Waals surface area contributed by atoms with Crippen molar-refractivity contribution >= 4 is 17.3 Å². The van der Waals surface area contributed by atoms with Gasteiger partial charge in [-0.1, -0.05) is 30.3 Å². The maximum absolute atomic E-state index is 11.3. The molecule has 0 unspecified atom stereocenters. The third kappa shape index (κ3) is 1.65. The first kappa shape index (κ1) is 9.90. The van der Waals surface area contributed by atoms with E-state index in [4.69, 9.17) is 5.73 Å². The fourth-order valence-electron chi connectivity index (χ4n) is 2.17. The van der Waals surface area contributed by atoms with Crippen molar-refractivity contribution in [2.24, 2.45) is 0 Å². The molecule has 0 aromatic heterocycles. The summed E-state index contributed by atoms with van der Waals surface area (Å²) in [6.07, 6.45) is 0.417. The Kier molecular flexibility index (Phi) is 2.11. The summed E-state index contributed by atoms with van der Waals surface area (Å²) < 4.78 is 0. The van der Waals surface area contributed by atoms with Gasteiger partial charge in [-0.25, -0.2) is 0 Å². The number of carbonyl (C=O) groups excluding carboxylic acids is 1. The zero-order valence-electron chi connectivity index (χ0n) is 9.23. The number of amides is 1. The zero-order chi connectivity index (χ0) is 11.8. The second-order valence-electron chi connectivity index (χ2n) is 4.19. The lowest BCUT2D eigenvalue weighted by molar-refractivity contribution is -0.115. The first-order chi connectivity index (χ1) is 8.24. The predicted molar refractivity (Wildman–Crippen MR) is 68.6 cm³/mol. The number of anilines is 2. The van der Waals surface area contributed by atoms with Crippen LogP contribution in [-0.4, -0.2) is 5.91 Å². The van der Waals surface area contributed by atoms with Crippen molar-refractivity contribution in [2.45, 2.75) is 6.42 Å². The Hall–Kier alpha value is -2.29. The van der Waals surface area contributed by atoms with E-state index in [9.17, 15) is 4.79 Å². The maximum atomic E-state index is 11.3. The van der Waals surface area contributed by atoms with Gasteiger partial charge in [0.1, 0.15) is 0 Å². The van der Waals surface area contributed by atoms with Crippen LogP contribution < -0.4 is 11.1 Å². The molecule has 3 nitrogen and oxygen atoms in total. The fraction of sp³-hybridized carbons (Fsp3) is 0.0714. The molecule has 3 rings (SSSR count). The highest BCUT2D eigenvalue weighted by Gasteiger charge is 2.20. The molecule has 0 saturated carbocycles. The van der Waals surface area contributed by atoms with Crippen molar-refractivity contribution in [3.05, 3.63) is 48.0 Å². The Balaban J connectivity index is 2.13. The average molecular weight is 224 g/mol. The predicted octanol–water partition coefficient (Wildman–Crippen LogP) is 2.43. The van der Waals surface area contributed by atoms with Crippen molar-refractivity contribution in [3.63, 3.8) is 0 Å². The molecule has 2 aromatic rings. The zero-order valence-corrected chi connectivity index (χ0v) is 9.23. The number of benzene rings is 2. The van der Waals surface area contributed by atoms with Crippen LogP contribution >= 0.6 is 0 Å². The summed E-state index contributed by atoms with van der Waals surface area (Å²) in [7, 11) is 0. The standard InChI is InChI=1S/C14H12N2O/c15-12-7-10(9-4-2-1-3-5-9)6-11-8-13(17)16-14(11)12/h1-7H,8,15H2,(H,16,17). The number of fused-ring (bicyclic) bond motifs is 1. The summed E-state index contributed by atoms with van der Waals surface area (Å²) in [6, 6.07) is 13.9. The van der Waals surface area contributed by atoms with Gasteiger partial charge in [-0.2, -0.15) is 0 Å². The monoisotopic (exact) mass is 224 g/mol. The molecular weight excluding hydrogens is 212 g/mol. The van der Waals surface area contributed by atoms with Crippen LogP contribution in [0, 0.1) is 0 Å². The highest BCUT2D eigenvalue weighted by molar-refractivity contribution is 6.03. The van der Waals surface area contributed by atoms with Crippen molar-refractivity contribution < 1.29 is 4.79 Å². The third-order valence-corrected chi connectivity index (χ3v) is 2.97. The van der Waals surface area contributed by atoms with Gasteiger partial charge in [0, 0.05) is 0 Å². The van der Waals surface area contributed by atoms with Gasteiger partial charge < -0.3 is 11.1 Å². The molecule has 0 saturated heterocycles. The minimum absolute atomic E-state index is 0.0110. The number of rotatable bonds is 1. The van der Waals surface area contributed by atoms with E-state index in [1.54, 1.807) is 0 Å². The van der Waals surface area contributed by atoms with E-state index >= 15 is 0 Å². The number of nitrogens with two attached hydrogens (primary N) is 1. The third-order valence-electron chi connectivity index (χ3n) is 2.97. The lowest BCUT2D eigenvalue weighted by Crippen LogP contribution is -2.04. The second-order valence-corrected chi connectivity index (χ2v) is 4.19. The van der Waals surface area contributed by atoms with E-state index < -0.39 is 0 Å². The lowest BCUT2D eigenvalue weighted by atomic mass is 10.0. The van der Waals surface area contributed by atoms with Gasteiger partial charge in [0.2, 0.25) is 5.91 Å². The summed E-state index contributed by atoms with van der Waals surface area (Å²) in [5.74, 6) is 0.0110. The molecule has 2 aromatic carbocycles. The number of nitrogen functional groups attached to an aromatic ring is 1. The quantitative estimate of drug-likeness (QED) is 0.731. The second kappa shape index (κ2) is 3.63. The van der Waals surface area contributed by atoms with Crippen LogP contribution in [0.4, 0.5) is 11.4 Å². The number of hydrogen-bond donors (Lipinski definition) is 2. The minimum atomic E-state index is 0.0110. The van der Waals surface area contributed by atoms with Crippen molar-refractivity contribution in [1.29, 1.82) is 0 Å². The van der Waals surface area contributed by atoms with E-state index in [2.05, 4.69) is 5.32 Å². The normalized spacial score (nSPS) is 13.3. The summed E-state index contributed by atoms with van der Waals surface area (Å²) in [4.78, 5) is 11.3. The summed E-state index contributed by atoms with van der Waals surface area (Å²) in [6.45, 7) is 0. The molecule has 1 aliphatic rings. The van der Waals surface area contributed by atoms with Crippen LogP contribution in [0.3, 0.4) is 0 Å². The Labute approximate surface area is 99.3 Å². The van der Waals surface area contributed by atoms with E-state index in [0.29, 0.717) is 12.1 Å². The molecule has 3 heteroatoms. The molecule has 84 valence electrons. The average Bonchev–Trinajstić information content (AvgIpc) is 2.71. The van der Waals surface area contributed by atoms with Gasteiger partial charge in [-0.15, -0.1) is 0 Å². The van der Waals surface area contributed by atoms with Crippen LogP contribution in [0.5, 0.6) is 0 Å². The van der Waals surface area contributed by atoms with Crippen LogP contribution in [0.15, 0.2) is 42.5 Å². The lowest BCUT2D eigenvalue weighted by Gasteiger charge is -2.08. The Bertz CT molecular complexity index is 591. The summed E-state index contributed by atoms with van der Waals surface area (Å²) in [5, 5.41) is 2.78. The van der Waals surface area contributed by atoms with Crippen LogP contribution in [0.1, 0.15) is 5.56 Å². The highest BCUT2D eigenvalue weighted by atomic mass is 16.1. The van der Waals surface area contributed by atoms with Gasteiger partial charge >= 0.3 is 0 Å². The molecule has 17 heavy (non-hydrogen) atoms. The number of nitrogens with one attached hydrogen (secondary N) is 1. The molecule has 0 atom stereocenters.